The van der Waals surface area contributed by atoms with E-state index in [9.17, 15) is 0 Å². The van der Waals surface area contributed by atoms with Gasteiger partial charge in [0.25, 0.3) is 0 Å². The van der Waals surface area contributed by atoms with Crippen LogP contribution in [0.5, 0.6) is 0 Å². The molecule has 0 aromatic carbocycles. The fraction of sp³-hybridized carbons (Fsp3) is 1.00. The van der Waals surface area contributed by atoms with Crippen LogP contribution in [0.15, 0.2) is 0 Å². The molecule has 2 aliphatic heterocycles. The Labute approximate surface area is 118 Å². The summed E-state index contributed by atoms with van der Waals surface area (Å²) in [6.07, 6.45) is 3.88. The van der Waals surface area contributed by atoms with Gasteiger partial charge in [-0.1, -0.05) is 6.92 Å². The second kappa shape index (κ2) is 7.02. The quantitative estimate of drug-likeness (QED) is 0.779. The molecule has 1 N–H and O–H groups in total. The highest BCUT2D eigenvalue weighted by Crippen LogP contribution is 2.30. The van der Waals surface area contributed by atoms with Crippen molar-refractivity contribution in [2.75, 3.05) is 60.0 Å². The van der Waals surface area contributed by atoms with Crippen LogP contribution in [-0.2, 0) is 4.74 Å². The van der Waals surface area contributed by atoms with Crippen LogP contribution in [-0.4, -0.2) is 75.9 Å². The van der Waals surface area contributed by atoms with E-state index in [1.165, 1.54) is 38.9 Å². The van der Waals surface area contributed by atoms with Crippen molar-refractivity contribution < 1.29 is 4.74 Å². The van der Waals surface area contributed by atoms with Gasteiger partial charge >= 0.3 is 0 Å². The van der Waals surface area contributed by atoms with E-state index in [-0.39, 0.29) is 0 Å². The Kier molecular flexibility index (Phi) is 5.63. The van der Waals surface area contributed by atoms with Gasteiger partial charge in [0, 0.05) is 37.7 Å². The minimum absolute atomic E-state index is 0.334. The molecule has 2 fully saturated rings. The molecule has 4 nitrogen and oxygen atoms in total. The Morgan fingerprint density at radius 2 is 2.32 bits per heavy atom. The van der Waals surface area contributed by atoms with Gasteiger partial charge in [0.05, 0.1) is 6.61 Å². The zero-order chi connectivity index (χ0) is 13.7. The van der Waals surface area contributed by atoms with Crippen molar-refractivity contribution in [1.29, 1.82) is 0 Å². The molecule has 2 atom stereocenters. The number of nitrogens with one attached hydrogen (secondary N) is 1. The Morgan fingerprint density at radius 3 is 2.95 bits per heavy atom. The van der Waals surface area contributed by atoms with Crippen LogP contribution in [0.1, 0.15) is 26.2 Å². The van der Waals surface area contributed by atoms with Crippen LogP contribution in [0.4, 0.5) is 0 Å². The second-order valence-corrected chi connectivity index (χ2v) is 6.56. The molecule has 2 heterocycles. The third-order valence-electron chi connectivity index (χ3n) is 4.74. The molecule has 0 aliphatic carbocycles. The van der Waals surface area contributed by atoms with Gasteiger partial charge in [-0.25, -0.2) is 0 Å². The minimum Gasteiger partial charge on any atom is -0.381 e. The molecule has 2 rings (SSSR count). The van der Waals surface area contributed by atoms with E-state index in [4.69, 9.17) is 4.74 Å². The van der Waals surface area contributed by atoms with E-state index < -0.39 is 0 Å². The predicted molar refractivity (Wildman–Crippen MR) is 79.6 cm³/mol. The fourth-order valence-corrected chi connectivity index (χ4v) is 3.52. The van der Waals surface area contributed by atoms with E-state index in [1.54, 1.807) is 0 Å². The summed E-state index contributed by atoms with van der Waals surface area (Å²) in [6, 6.07) is 0.720. The maximum atomic E-state index is 5.69. The average molecular weight is 269 g/mol. The van der Waals surface area contributed by atoms with Gasteiger partial charge < -0.3 is 19.9 Å². The molecular formula is C15H31N3O. The molecule has 2 saturated heterocycles. The molecule has 112 valence electrons. The lowest BCUT2D eigenvalue weighted by Crippen LogP contribution is -2.51. The molecule has 0 aromatic heterocycles. The maximum Gasteiger partial charge on any atom is 0.0547 e. The van der Waals surface area contributed by atoms with E-state index >= 15 is 0 Å². The lowest BCUT2D eigenvalue weighted by molar-refractivity contribution is 0.0731. The third-order valence-corrected chi connectivity index (χ3v) is 4.74. The van der Waals surface area contributed by atoms with Crippen molar-refractivity contribution in [3.8, 4) is 0 Å². The zero-order valence-corrected chi connectivity index (χ0v) is 13.0. The van der Waals surface area contributed by atoms with Gasteiger partial charge in [0.15, 0.2) is 0 Å². The molecule has 0 spiro atoms. The largest absolute Gasteiger partial charge is 0.381 e. The number of piperidine rings is 1. The molecule has 0 amide bonds. The Bertz CT molecular complexity index is 266. The molecule has 4 heteroatoms. The molecular weight excluding hydrogens is 238 g/mol. The van der Waals surface area contributed by atoms with Crippen molar-refractivity contribution in [3.05, 3.63) is 0 Å². The van der Waals surface area contributed by atoms with Crippen LogP contribution in [0, 0.1) is 5.41 Å². The zero-order valence-electron chi connectivity index (χ0n) is 13.0. The summed E-state index contributed by atoms with van der Waals surface area (Å²) in [6.45, 7) is 9.83. The number of ether oxygens (including phenoxy) is 1. The average Bonchev–Trinajstić information content (AvgIpc) is 2.85. The lowest BCUT2D eigenvalue weighted by atomic mass is 9.85. The number of hydrogen-bond donors (Lipinski definition) is 1. The minimum atomic E-state index is 0.334. The van der Waals surface area contributed by atoms with E-state index in [1.807, 2.05) is 0 Å². The van der Waals surface area contributed by atoms with Gasteiger partial charge in [0.2, 0.25) is 0 Å². The van der Waals surface area contributed by atoms with Gasteiger partial charge in [-0.05, 0) is 46.4 Å². The second-order valence-electron chi connectivity index (χ2n) is 6.56. The standard InChI is InChI=1S/C15H31N3O/c1-4-16-11-15(7-9-19-13-15)12-18(3)14-6-5-8-17(2)10-14/h14,16H,4-13H2,1-3H3. The monoisotopic (exact) mass is 269 g/mol. The topological polar surface area (TPSA) is 27.7 Å². The van der Waals surface area contributed by atoms with Gasteiger partial charge in [-0.2, -0.15) is 0 Å². The maximum absolute atomic E-state index is 5.69. The van der Waals surface area contributed by atoms with Crippen molar-refractivity contribution in [1.82, 2.24) is 15.1 Å². The van der Waals surface area contributed by atoms with Crippen LogP contribution in [0.25, 0.3) is 0 Å². The first kappa shape index (κ1) is 15.2. The Hall–Kier alpha value is -0.160. The summed E-state index contributed by atoms with van der Waals surface area (Å²) >= 11 is 0. The summed E-state index contributed by atoms with van der Waals surface area (Å²) in [5.74, 6) is 0. The van der Waals surface area contributed by atoms with Gasteiger partial charge in [0.1, 0.15) is 0 Å². The van der Waals surface area contributed by atoms with E-state index in [2.05, 4.69) is 36.1 Å². The molecule has 0 radical (unpaired) electrons. The fourth-order valence-electron chi connectivity index (χ4n) is 3.52. The summed E-state index contributed by atoms with van der Waals surface area (Å²) in [4.78, 5) is 5.05. The summed E-state index contributed by atoms with van der Waals surface area (Å²) in [7, 11) is 4.54. The van der Waals surface area contributed by atoms with Crippen LogP contribution >= 0.6 is 0 Å². The number of nitrogens with zero attached hydrogens (tertiary/aromatic N) is 2. The number of hydrogen-bond acceptors (Lipinski definition) is 4. The summed E-state index contributed by atoms with van der Waals surface area (Å²) < 4.78 is 5.69. The molecule has 2 aliphatic rings. The summed E-state index contributed by atoms with van der Waals surface area (Å²) in [5.41, 5.74) is 0.334. The van der Waals surface area contributed by atoms with Gasteiger partial charge in [-0.3, -0.25) is 0 Å². The first-order valence-corrected chi connectivity index (χ1v) is 7.82. The van der Waals surface area contributed by atoms with Crippen molar-refractivity contribution >= 4 is 0 Å². The highest BCUT2D eigenvalue weighted by Gasteiger charge is 2.37. The highest BCUT2D eigenvalue weighted by atomic mass is 16.5. The van der Waals surface area contributed by atoms with E-state index in [0.29, 0.717) is 5.41 Å². The third kappa shape index (κ3) is 4.15. The first-order valence-electron chi connectivity index (χ1n) is 7.82. The number of likely N-dealkylation sites (tertiary alicyclic amines) is 1. The van der Waals surface area contributed by atoms with Crippen LogP contribution in [0.2, 0.25) is 0 Å². The smallest absolute Gasteiger partial charge is 0.0547 e. The number of rotatable bonds is 6. The SMILES string of the molecule is CCNCC1(CN(C)C2CCCN(C)C2)CCOC1. The van der Waals surface area contributed by atoms with E-state index in [0.717, 1.165) is 32.3 Å². The van der Waals surface area contributed by atoms with Crippen LogP contribution < -0.4 is 5.32 Å². The highest BCUT2D eigenvalue weighted by molar-refractivity contribution is 4.90. The van der Waals surface area contributed by atoms with Crippen LogP contribution in [0.3, 0.4) is 0 Å². The number of likely N-dealkylation sites (N-methyl/N-ethyl adjacent to an activating group) is 2. The lowest BCUT2D eigenvalue weighted by Gasteiger charge is -2.40. The predicted octanol–water partition coefficient (Wildman–Crippen LogP) is 1.03. The molecule has 19 heavy (non-hydrogen) atoms. The summed E-state index contributed by atoms with van der Waals surface area (Å²) in [5, 5.41) is 3.53. The van der Waals surface area contributed by atoms with Crippen molar-refractivity contribution in [2.45, 2.75) is 32.2 Å². The van der Waals surface area contributed by atoms with Crippen molar-refractivity contribution in [2.24, 2.45) is 5.41 Å². The molecule has 2 unspecified atom stereocenters. The van der Waals surface area contributed by atoms with Gasteiger partial charge in [-0.15, -0.1) is 0 Å². The Morgan fingerprint density at radius 1 is 1.47 bits per heavy atom. The normalized spacial score (nSPS) is 33.2. The molecule has 0 saturated carbocycles. The molecule has 0 aromatic rings. The molecule has 0 bridgehead atoms. The Balaban J connectivity index is 1.88. The first-order chi connectivity index (χ1) is 9.15. The van der Waals surface area contributed by atoms with Crippen molar-refractivity contribution in [3.63, 3.8) is 0 Å².